The molecule has 0 spiro atoms. The molecular formula is C24H19ClN2O4S. The quantitative estimate of drug-likeness (QED) is 0.362. The zero-order valence-electron chi connectivity index (χ0n) is 17.0. The zero-order valence-corrected chi connectivity index (χ0v) is 18.6. The predicted molar refractivity (Wildman–Crippen MR) is 128 cm³/mol. The molecule has 0 fully saturated rings. The second kappa shape index (κ2) is 8.90. The number of fused-ring (bicyclic) bond motifs is 1. The lowest BCUT2D eigenvalue weighted by atomic mass is 10.1. The number of nitrogens with zero attached hydrogens (tertiary/aromatic N) is 1. The van der Waals surface area contributed by atoms with Crippen molar-refractivity contribution in [3.05, 3.63) is 89.1 Å². The summed E-state index contributed by atoms with van der Waals surface area (Å²) in [5.41, 5.74) is 1.72. The van der Waals surface area contributed by atoms with Gasteiger partial charge < -0.3 is 9.84 Å². The number of methoxy groups -OCH3 is 1. The number of aromatic nitrogens is 1. The molecule has 0 atom stereocenters. The lowest BCUT2D eigenvalue weighted by Gasteiger charge is -2.13. The largest absolute Gasteiger partial charge is 0.504 e. The first-order valence-corrected chi connectivity index (χ1v) is 11.5. The van der Waals surface area contributed by atoms with Crippen LogP contribution in [0.25, 0.3) is 23.1 Å². The van der Waals surface area contributed by atoms with Crippen molar-refractivity contribution in [2.24, 2.45) is 0 Å². The fourth-order valence-electron chi connectivity index (χ4n) is 3.12. The van der Waals surface area contributed by atoms with Gasteiger partial charge in [0, 0.05) is 5.39 Å². The second-order valence-corrected chi connectivity index (χ2v) is 9.00. The van der Waals surface area contributed by atoms with Gasteiger partial charge in [-0.3, -0.25) is 4.72 Å². The van der Waals surface area contributed by atoms with Crippen LogP contribution in [0.15, 0.2) is 77.7 Å². The Bertz CT molecular complexity index is 1400. The minimum absolute atomic E-state index is 0.0152. The molecule has 6 nitrogen and oxygen atoms in total. The third-order valence-electron chi connectivity index (χ3n) is 4.78. The van der Waals surface area contributed by atoms with Crippen molar-refractivity contribution >= 4 is 50.4 Å². The van der Waals surface area contributed by atoms with Crippen LogP contribution < -0.4 is 9.46 Å². The number of rotatable bonds is 6. The highest BCUT2D eigenvalue weighted by molar-refractivity contribution is 7.92. The van der Waals surface area contributed by atoms with Crippen LogP contribution in [-0.4, -0.2) is 25.6 Å². The summed E-state index contributed by atoms with van der Waals surface area (Å²) in [7, 11) is -2.48. The normalized spacial score (nSPS) is 11.7. The number of pyridine rings is 1. The first kappa shape index (κ1) is 21.7. The number of aromatic hydroxyl groups is 1. The van der Waals surface area contributed by atoms with Crippen molar-refractivity contribution in [1.29, 1.82) is 0 Å². The molecule has 0 bridgehead atoms. The smallest absolute Gasteiger partial charge is 0.262 e. The molecule has 0 aliphatic heterocycles. The molecule has 2 N–H and O–H groups in total. The summed E-state index contributed by atoms with van der Waals surface area (Å²) in [6, 6.07) is 20.5. The molecule has 1 heterocycles. The molecule has 0 aliphatic rings. The number of hydrogen-bond acceptors (Lipinski definition) is 5. The summed E-state index contributed by atoms with van der Waals surface area (Å²) in [6.07, 6.45) is 3.69. The summed E-state index contributed by atoms with van der Waals surface area (Å²) in [4.78, 5) is 4.48. The Hall–Kier alpha value is -3.55. The Morgan fingerprint density at radius 3 is 2.41 bits per heavy atom. The first-order chi connectivity index (χ1) is 15.4. The highest BCUT2D eigenvalue weighted by atomic mass is 35.5. The van der Waals surface area contributed by atoms with E-state index in [-0.39, 0.29) is 26.9 Å². The summed E-state index contributed by atoms with van der Waals surface area (Å²) in [6.45, 7) is 0. The van der Waals surface area contributed by atoms with E-state index in [2.05, 4.69) is 9.71 Å². The van der Waals surface area contributed by atoms with Crippen LogP contribution in [0.5, 0.6) is 11.5 Å². The molecule has 0 saturated heterocycles. The van der Waals surface area contributed by atoms with Gasteiger partial charge in [-0.05, 0) is 54.1 Å². The van der Waals surface area contributed by atoms with Gasteiger partial charge in [-0.1, -0.05) is 48.0 Å². The third kappa shape index (κ3) is 4.54. The van der Waals surface area contributed by atoms with Crippen LogP contribution in [0.3, 0.4) is 0 Å². The highest BCUT2D eigenvalue weighted by Gasteiger charge is 2.19. The van der Waals surface area contributed by atoms with Crippen LogP contribution in [-0.2, 0) is 10.0 Å². The number of hydrogen-bond donors (Lipinski definition) is 2. The van der Waals surface area contributed by atoms with Crippen molar-refractivity contribution < 1.29 is 18.3 Å². The van der Waals surface area contributed by atoms with Gasteiger partial charge in [0.2, 0.25) is 0 Å². The molecule has 8 heteroatoms. The molecule has 4 aromatic rings. The Balaban J connectivity index is 1.70. The number of nitrogens with one attached hydrogen (secondary N) is 1. The van der Waals surface area contributed by atoms with Gasteiger partial charge in [0.15, 0.2) is 5.75 Å². The number of halogens is 1. The summed E-state index contributed by atoms with van der Waals surface area (Å²) >= 11 is 6.35. The molecule has 0 saturated carbocycles. The average Bonchev–Trinajstić information content (AvgIpc) is 2.81. The number of phenols is 1. The van der Waals surface area contributed by atoms with E-state index in [4.69, 9.17) is 16.3 Å². The fourth-order valence-corrected chi connectivity index (χ4v) is 4.44. The van der Waals surface area contributed by atoms with Crippen molar-refractivity contribution in [2.75, 3.05) is 11.8 Å². The molecule has 1 aromatic heterocycles. The number of benzene rings is 3. The van der Waals surface area contributed by atoms with Gasteiger partial charge >= 0.3 is 0 Å². The van der Waals surface area contributed by atoms with Gasteiger partial charge in [0.25, 0.3) is 10.0 Å². The molecule has 32 heavy (non-hydrogen) atoms. The van der Waals surface area contributed by atoms with E-state index < -0.39 is 10.0 Å². The lowest BCUT2D eigenvalue weighted by molar-refractivity contribution is 0.414. The summed E-state index contributed by atoms with van der Waals surface area (Å²) in [5, 5.41) is 11.6. The van der Waals surface area contributed by atoms with Crippen LogP contribution in [0.2, 0.25) is 5.02 Å². The minimum Gasteiger partial charge on any atom is -0.504 e. The van der Waals surface area contributed by atoms with Gasteiger partial charge in [-0.15, -0.1) is 0 Å². The van der Waals surface area contributed by atoms with E-state index in [1.54, 1.807) is 18.2 Å². The summed E-state index contributed by atoms with van der Waals surface area (Å²) in [5.74, 6) is 0.220. The standard InChI is InChI=1S/C24H19ClN2O4S/c1-31-18-10-12-19(13-11-18)32(29,30)27-22-15-21(25)20-14-9-17(26-23(20)24(22)28)8-7-16-5-3-2-4-6-16/h2-15,27-28H,1H3/b8-7+. The SMILES string of the molecule is COc1ccc(S(=O)(=O)Nc2cc(Cl)c3ccc(/C=C/c4ccccc4)nc3c2O)cc1. The number of sulfonamides is 1. The summed E-state index contributed by atoms with van der Waals surface area (Å²) < 4.78 is 33.0. The number of ether oxygens (including phenoxy) is 1. The molecule has 0 unspecified atom stereocenters. The minimum atomic E-state index is -3.97. The van der Waals surface area contributed by atoms with E-state index >= 15 is 0 Å². The van der Waals surface area contributed by atoms with E-state index in [1.165, 1.54) is 37.4 Å². The van der Waals surface area contributed by atoms with E-state index in [9.17, 15) is 13.5 Å². The Morgan fingerprint density at radius 1 is 1.00 bits per heavy atom. The zero-order chi connectivity index (χ0) is 22.7. The van der Waals surface area contributed by atoms with Crippen LogP contribution >= 0.6 is 11.6 Å². The Labute approximate surface area is 190 Å². The molecule has 4 rings (SSSR count). The molecule has 0 radical (unpaired) electrons. The first-order valence-electron chi connectivity index (χ1n) is 9.59. The maximum atomic E-state index is 12.8. The monoisotopic (exact) mass is 466 g/mol. The number of phenolic OH excluding ortho intramolecular Hbond substituents is 1. The topological polar surface area (TPSA) is 88.5 Å². The average molecular weight is 467 g/mol. The van der Waals surface area contributed by atoms with Crippen molar-refractivity contribution in [2.45, 2.75) is 4.90 Å². The van der Waals surface area contributed by atoms with E-state index in [0.717, 1.165) is 5.56 Å². The van der Waals surface area contributed by atoms with Gasteiger partial charge in [0.05, 0.1) is 28.4 Å². The van der Waals surface area contributed by atoms with Crippen molar-refractivity contribution in [1.82, 2.24) is 4.98 Å². The highest BCUT2D eigenvalue weighted by Crippen LogP contribution is 2.38. The lowest BCUT2D eigenvalue weighted by Crippen LogP contribution is -2.13. The maximum Gasteiger partial charge on any atom is 0.262 e. The van der Waals surface area contributed by atoms with Crippen LogP contribution in [0.4, 0.5) is 5.69 Å². The van der Waals surface area contributed by atoms with Gasteiger partial charge in [0.1, 0.15) is 11.3 Å². The van der Waals surface area contributed by atoms with E-state index in [0.29, 0.717) is 16.8 Å². The van der Waals surface area contributed by atoms with Crippen molar-refractivity contribution in [3.8, 4) is 11.5 Å². The maximum absolute atomic E-state index is 12.8. The number of anilines is 1. The molecule has 0 aliphatic carbocycles. The second-order valence-electron chi connectivity index (χ2n) is 6.91. The predicted octanol–water partition coefficient (Wildman–Crippen LogP) is 5.57. The Morgan fingerprint density at radius 2 is 1.72 bits per heavy atom. The van der Waals surface area contributed by atoms with Gasteiger partial charge in [-0.2, -0.15) is 0 Å². The molecule has 0 amide bonds. The van der Waals surface area contributed by atoms with Gasteiger partial charge in [-0.25, -0.2) is 13.4 Å². The molecular weight excluding hydrogens is 448 g/mol. The Kier molecular flexibility index (Phi) is 6.03. The van der Waals surface area contributed by atoms with Crippen LogP contribution in [0.1, 0.15) is 11.3 Å². The van der Waals surface area contributed by atoms with Crippen LogP contribution in [0, 0.1) is 0 Å². The van der Waals surface area contributed by atoms with E-state index in [1.807, 2.05) is 36.4 Å². The molecule has 162 valence electrons. The fraction of sp³-hybridized carbons (Fsp3) is 0.0417. The van der Waals surface area contributed by atoms with Crippen molar-refractivity contribution in [3.63, 3.8) is 0 Å². The molecule has 3 aromatic carbocycles. The third-order valence-corrected chi connectivity index (χ3v) is 6.48.